The van der Waals surface area contributed by atoms with E-state index >= 15 is 0 Å². The van der Waals surface area contributed by atoms with E-state index < -0.39 is 0 Å². The number of nitrogens with zero attached hydrogens (tertiary/aromatic N) is 2. The van der Waals surface area contributed by atoms with Crippen molar-refractivity contribution in [3.8, 4) is 11.5 Å². The third-order valence-corrected chi connectivity index (χ3v) is 3.76. The van der Waals surface area contributed by atoms with Crippen LogP contribution < -0.4 is 14.8 Å². The van der Waals surface area contributed by atoms with Gasteiger partial charge in [-0.05, 0) is 25.5 Å². The van der Waals surface area contributed by atoms with Gasteiger partial charge >= 0.3 is 6.03 Å². The first-order valence-electron chi connectivity index (χ1n) is 8.12. The number of rotatable bonds is 8. The number of hydrogen-bond acceptors (Lipinski definition) is 5. The molecule has 1 saturated heterocycles. The number of imide groups is 1. The molecule has 8 heteroatoms. The molecule has 25 heavy (non-hydrogen) atoms. The van der Waals surface area contributed by atoms with Crippen molar-refractivity contribution in [2.24, 2.45) is 0 Å². The lowest BCUT2D eigenvalue weighted by atomic mass is 10.2. The van der Waals surface area contributed by atoms with Gasteiger partial charge in [-0.3, -0.25) is 14.5 Å². The second kappa shape index (κ2) is 8.36. The Labute approximate surface area is 146 Å². The molecule has 1 fully saturated rings. The Morgan fingerprint density at radius 1 is 1.28 bits per heavy atom. The Bertz CT molecular complexity index is 662. The third kappa shape index (κ3) is 4.62. The number of nitrogens with one attached hydrogen (secondary N) is 1. The fourth-order valence-electron chi connectivity index (χ4n) is 2.53. The maximum absolute atomic E-state index is 12.0. The first-order valence-corrected chi connectivity index (χ1v) is 8.12. The molecule has 1 aliphatic heterocycles. The van der Waals surface area contributed by atoms with Crippen LogP contribution >= 0.6 is 0 Å². The van der Waals surface area contributed by atoms with Crippen LogP contribution in [0, 0.1) is 0 Å². The Balaban J connectivity index is 1.84. The smallest absolute Gasteiger partial charge is 0.326 e. The monoisotopic (exact) mass is 349 g/mol. The van der Waals surface area contributed by atoms with Crippen molar-refractivity contribution in [3.63, 3.8) is 0 Å². The van der Waals surface area contributed by atoms with Crippen molar-refractivity contribution >= 4 is 23.5 Å². The molecule has 1 aliphatic rings. The lowest BCUT2D eigenvalue weighted by Gasteiger charge is -2.14. The number of carbonyl (C=O) groups is 3. The summed E-state index contributed by atoms with van der Waals surface area (Å²) in [5.41, 5.74) is 0.596. The van der Waals surface area contributed by atoms with Crippen LogP contribution in [0.3, 0.4) is 0 Å². The number of hydrogen-bond donors (Lipinski definition) is 1. The van der Waals surface area contributed by atoms with Gasteiger partial charge in [-0.2, -0.15) is 0 Å². The number of carbonyl (C=O) groups excluding carboxylic acids is 3. The molecule has 0 unspecified atom stereocenters. The maximum Gasteiger partial charge on any atom is 0.326 e. The Kier molecular flexibility index (Phi) is 6.21. The molecule has 0 saturated carbocycles. The van der Waals surface area contributed by atoms with E-state index in [9.17, 15) is 14.4 Å². The molecule has 0 aliphatic carbocycles. The van der Waals surface area contributed by atoms with Crippen molar-refractivity contribution in [1.29, 1.82) is 0 Å². The SMILES string of the molecule is CCOc1ccc(NC(=O)CCCN2C(=O)CN(C)C2=O)cc1OC. The van der Waals surface area contributed by atoms with Gasteiger partial charge in [0.25, 0.3) is 0 Å². The number of likely N-dealkylation sites (N-methyl/N-ethyl adjacent to an activating group) is 1. The topological polar surface area (TPSA) is 88.2 Å². The van der Waals surface area contributed by atoms with E-state index in [1.54, 1.807) is 25.2 Å². The highest BCUT2D eigenvalue weighted by Gasteiger charge is 2.32. The molecule has 0 bridgehead atoms. The van der Waals surface area contributed by atoms with Crippen LogP contribution in [0.5, 0.6) is 11.5 Å². The van der Waals surface area contributed by atoms with Crippen LogP contribution in [0.4, 0.5) is 10.5 Å². The van der Waals surface area contributed by atoms with E-state index in [2.05, 4.69) is 5.32 Å². The van der Waals surface area contributed by atoms with Crippen molar-refractivity contribution in [2.45, 2.75) is 19.8 Å². The first kappa shape index (κ1) is 18.6. The molecule has 0 atom stereocenters. The Hall–Kier alpha value is -2.77. The Morgan fingerprint density at radius 3 is 2.64 bits per heavy atom. The number of benzene rings is 1. The summed E-state index contributed by atoms with van der Waals surface area (Å²) in [6.45, 7) is 2.73. The minimum Gasteiger partial charge on any atom is -0.493 e. The van der Waals surface area contributed by atoms with Crippen molar-refractivity contribution < 1.29 is 23.9 Å². The number of ether oxygens (including phenoxy) is 2. The summed E-state index contributed by atoms with van der Waals surface area (Å²) < 4.78 is 10.7. The molecule has 8 nitrogen and oxygen atoms in total. The van der Waals surface area contributed by atoms with E-state index in [1.165, 1.54) is 16.9 Å². The number of urea groups is 1. The fraction of sp³-hybridized carbons (Fsp3) is 0.471. The highest BCUT2D eigenvalue weighted by Crippen LogP contribution is 2.30. The zero-order chi connectivity index (χ0) is 18.4. The third-order valence-electron chi connectivity index (χ3n) is 3.76. The molecular weight excluding hydrogens is 326 g/mol. The minimum atomic E-state index is -0.318. The second-order valence-corrected chi connectivity index (χ2v) is 5.63. The zero-order valence-electron chi connectivity index (χ0n) is 14.7. The summed E-state index contributed by atoms with van der Waals surface area (Å²) >= 11 is 0. The van der Waals surface area contributed by atoms with Gasteiger partial charge in [0.2, 0.25) is 11.8 Å². The molecule has 4 amide bonds. The highest BCUT2D eigenvalue weighted by atomic mass is 16.5. The van der Waals surface area contributed by atoms with E-state index in [4.69, 9.17) is 9.47 Å². The molecule has 0 radical (unpaired) electrons. The van der Waals surface area contributed by atoms with Crippen LogP contribution in [0.1, 0.15) is 19.8 Å². The molecule has 1 aromatic carbocycles. The first-order chi connectivity index (χ1) is 12.0. The number of methoxy groups -OCH3 is 1. The minimum absolute atomic E-state index is 0.0943. The van der Waals surface area contributed by atoms with Crippen molar-refractivity contribution in [2.75, 3.05) is 39.2 Å². The molecule has 1 heterocycles. The molecule has 1 aromatic rings. The van der Waals surface area contributed by atoms with Gasteiger partial charge in [-0.15, -0.1) is 0 Å². The highest BCUT2D eigenvalue weighted by molar-refractivity contribution is 6.01. The molecule has 2 rings (SSSR count). The van der Waals surface area contributed by atoms with Gasteiger partial charge in [0.15, 0.2) is 11.5 Å². The zero-order valence-corrected chi connectivity index (χ0v) is 14.7. The molecular formula is C17H23N3O5. The van der Waals surface area contributed by atoms with Crippen molar-refractivity contribution in [3.05, 3.63) is 18.2 Å². The van der Waals surface area contributed by atoms with Gasteiger partial charge in [-0.25, -0.2) is 4.79 Å². The summed E-state index contributed by atoms with van der Waals surface area (Å²) in [4.78, 5) is 38.0. The summed E-state index contributed by atoms with van der Waals surface area (Å²) in [5.74, 6) is 0.719. The van der Waals surface area contributed by atoms with Gasteiger partial charge in [0.1, 0.15) is 6.54 Å². The Morgan fingerprint density at radius 2 is 2.04 bits per heavy atom. The lowest BCUT2D eigenvalue weighted by Crippen LogP contribution is -2.32. The number of amides is 4. The van der Waals surface area contributed by atoms with Crippen LogP contribution in [0.15, 0.2) is 18.2 Å². The fourth-order valence-corrected chi connectivity index (χ4v) is 2.53. The second-order valence-electron chi connectivity index (χ2n) is 5.63. The van der Waals surface area contributed by atoms with Gasteiger partial charge < -0.3 is 19.7 Å². The lowest BCUT2D eigenvalue weighted by molar-refractivity contribution is -0.125. The summed E-state index contributed by atoms with van der Waals surface area (Å²) in [7, 11) is 3.11. The predicted molar refractivity (Wildman–Crippen MR) is 91.8 cm³/mol. The largest absolute Gasteiger partial charge is 0.493 e. The molecule has 0 aromatic heterocycles. The van der Waals surface area contributed by atoms with E-state index in [0.29, 0.717) is 30.2 Å². The van der Waals surface area contributed by atoms with Crippen LogP contribution in [-0.2, 0) is 9.59 Å². The normalized spacial score (nSPS) is 14.0. The number of anilines is 1. The standard InChI is InChI=1S/C17H23N3O5/c1-4-25-13-8-7-12(10-14(13)24-3)18-15(21)6-5-9-20-16(22)11-19(2)17(20)23/h7-8,10H,4-6,9,11H2,1-3H3,(H,18,21). The van der Waals surface area contributed by atoms with Gasteiger partial charge in [0, 0.05) is 31.8 Å². The van der Waals surface area contributed by atoms with Gasteiger partial charge in [-0.1, -0.05) is 0 Å². The van der Waals surface area contributed by atoms with Crippen LogP contribution in [0.25, 0.3) is 0 Å². The quantitative estimate of drug-likeness (QED) is 0.722. The van der Waals surface area contributed by atoms with E-state index in [0.717, 1.165) is 0 Å². The molecule has 0 spiro atoms. The maximum atomic E-state index is 12.0. The van der Waals surface area contributed by atoms with Gasteiger partial charge in [0.05, 0.1) is 13.7 Å². The van der Waals surface area contributed by atoms with Crippen LogP contribution in [0.2, 0.25) is 0 Å². The molecule has 1 N–H and O–H groups in total. The summed E-state index contributed by atoms with van der Waals surface area (Å²) in [5, 5.41) is 2.77. The molecule has 136 valence electrons. The van der Waals surface area contributed by atoms with Crippen LogP contribution in [-0.4, -0.2) is 61.5 Å². The predicted octanol–water partition coefficient (Wildman–Crippen LogP) is 1.71. The van der Waals surface area contributed by atoms with E-state index in [-0.39, 0.29) is 37.4 Å². The average Bonchev–Trinajstić information content (AvgIpc) is 2.82. The summed E-state index contributed by atoms with van der Waals surface area (Å²) in [6.07, 6.45) is 0.613. The summed E-state index contributed by atoms with van der Waals surface area (Å²) in [6, 6.07) is 4.83. The van der Waals surface area contributed by atoms with Crippen molar-refractivity contribution in [1.82, 2.24) is 9.80 Å². The van der Waals surface area contributed by atoms with E-state index in [1.807, 2.05) is 6.92 Å². The average molecular weight is 349 g/mol.